The maximum atomic E-state index is 12.4. The van der Waals surface area contributed by atoms with Crippen molar-refractivity contribution in [3.05, 3.63) is 70.2 Å². The Bertz CT molecular complexity index is 942. The molecule has 0 saturated carbocycles. The molecule has 3 aromatic rings. The van der Waals surface area contributed by atoms with Crippen LogP contribution in [0.15, 0.2) is 54.6 Å². The van der Waals surface area contributed by atoms with E-state index in [4.69, 9.17) is 4.74 Å². The number of hydrogen-bond donors (Lipinski definition) is 2. The maximum Gasteiger partial charge on any atom is 0.286 e. The summed E-state index contributed by atoms with van der Waals surface area (Å²) in [6.45, 7) is 2.97. The molecule has 0 unspecified atom stereocenters. The minimum Gasteiger partial charge on any atom is -0.486 e. The topological polar surface area (TPSA) is 93.2 Å². The molecule has 29 heavy (non-hydrogen) atoms. The summed E-state index contributed by atoms with van der Waals surface area (Å²) in [5.74, 6) is 0.254. The number of benzene rings is 2. The third-order valence-corrected chi connectivity index (χ3v) is 4.88. The molecule has 1 aromatic heterocycles. The van der Waals surface area contributed by atoms with Crippen LogP contribution in [0.25, 0.3) is 0 Å². The monoisotopic (exact) mass is 410 g/mol. The van der Waals surface area contributed by atoms with Crippen molar-refractivity contribution in [2.24, 2.45) is 0 Å². The summed E-state index contributed by atoms with van der Waals surface area (Å²) in [5, 5.41) is 14.4. The molecule has 2 amide bonds. The van der Waals surface area contributed by atoms with Gasteiger partial charge in [0, 0.05) is 17.8 Å². The van der Waals surface area contributed by atoms with Gasteiger partial charge in [-0.25, -0.2) is 0 Å². The van der Waals surface area contributed by atoms with Gasteiger partial charge < -0.3 is 15.4 Å². The van der Waals surface area contributed by atoms with Crippen molar-refractivity contribution in [1.29, 1.82) is 0 Å². The summed E-state index contributed by atoms with van der Waals surface area (Å²) < 4.78 is 5.61. The minimum atomic E-state index is -0.353. The number of carbonyl (C=O) groups excluding carboxylic acids is 2. The number of anilines is 1. The van der Waals surface area contributed by atoms with Crippen LogP contribution in [0.5, 0.6) is 5.75 Å². The third kappa shape index (κ3) is 6.11. The molecule has 0 aliphatic carbocycles. The molecule has 2 aromatic carbocycles. The highest BCUT2D eigenvalue weighted by Gasteiger charge is 2.14. The molecule has 2 N–H and O–H groups in total. The summed E-state index contributed by atoms with van der Waals surface area (Å²) in [7, 11) is 0. The second-order valence-corrected chi connectivity index (χ2v) is 7.31. The van der Waals surface area contributed by atoms with Crippen LogP contribution in [0.3, 0.4) is 0 Å². The van der Waals surface area contributed by atoms with Crippen LogP contribution >= 0.6 is 11.3 Å². The average molecular weight is 410 g/mol. The Kier molecular flexibility index (Phi) is 7.29. The van der Waals surface area contributed by atoms with Crippen molar-refractivity contribution in [3.8, 4) is 5.75 Å². The van der Waals surface area contributed by atoms with Crippen LogP contribution in [0.2, 0.25) is 0 Å². The van der Waals surface area contributed by atoms with Gasteiger partial charge in [-0.1, -0.05) is 42.9 Å². The van der Waals surface area contributed by atoms with E-state index in [0.717, 1.165) is 18.6 Å². The Labute approximate surface area is 173 Å². The SMILES string of the molecule is CCCCNC(=O)c1ccc(NC(=O)c2nnc(COc3ccccc3)s2)cc1. The van der Waals surface area contributed by atoms with Gasteiger partial charge in [0.2, 0.25) is 5.01 Å². The standard InChI is InChI=1S/C21H22N4O3S/c1-2-3-13-22-19(26)15-9-11-16(12-10-15)23-20(27)21-25-24-18(29-21)14-28-17-7-5-4-6-8-17/h4-12H,2-3,13-14H2,1H3,(H,22,26)(H,23,27). The van der Waals surface area contributed by atoms with Crippen LogP contribution in [0.4, 0.5) is 5.69 Å². The summed E-state index contributed by atoms with van der Waals surface area (Å²) in [5.41, 5.74) is 1.13. The quantitative estimate of drug-likeness (QED) is 0.522. The van der Waals surface area contributed by atoms with Crippen molar-refractivity contribution in [2.45, 2.75) is 26.4 Å². The van der Waals surface area contributed by atoms with Gasteiger partial charge >= 0.3 is 0 Å². The predicted molar refractivity (Wildman–Crippen MR) is 112 cm³/mol. The molecule has 0 atom stereocenters. The molecule has 8 heteroatoms. The highest BCUT2D eigenvalue weighted by atomic mass is 32.1. The van der Waals surface area contributed by atoms with Crippen LogP contribution in [0, 0.1) is 0 Å². The van der Waals surface area contributed by atoms with E-state index < -0.39 is 0 Å². The molecule has 0 aliphatic heterocycles. The van der Waals surface area contributed by atoms with Crippen LogP contribution in [-0.4, -0.2) is 28.6 Å². The molecule has 7 nitrogen and oxygen atoms in total. The number of ether oxygens (including phenoxy) is 1. The number of unbranched alkanes of at least 4 members (excludes halogenated alkanes) is 1. The Morgan fingerprint density at radius 3 is 2.48 bits per heavy atom. The van der Waals surface area contributed by atoms with Crippen molar-refractivity contribution in [2.75, 3.05) is 11.9 Å². The van der Waals surface area contributed by atoms with Gasteiger partial charge in [-0.2, -0.15) is 0 Å². The van der Waals surface area contributed by atoms with Gasteiger partial charge in [0.25, 0.3) is 11.8 Å². The molecular formula is C21H22N4O3S. The van der Waals surface area contributed by atoms with Gasteiger partial charge in [-0.15, -0.1) is 10.2 Å². The van der Waals surface area contributed by atoms with E-state index in [2.05, 4.69) is 27.8 Å². The van der Waals surface area contributed by atoms with Crippen molar-refractivity contribution in [1.82, 2.24) is 15.5 Å². The lowest BCUT2D eigenvalue weighted by Gasteiger charge is -2.06. The molecule has 0 aliphatic rings. The van der Waals surface area contributed by atoms with E-state index in [0.29, 0.717) is 22.8 Å². The molecular weight excluding hydrogens is 388 g/mol. The van der Waals surface area contributed by atoms with E-state index in [1.165, 1.54) is 11.3 Å². The van der Waals surface area contributed by atoms with Gasteiger partial charge in [0.05, 0.1) is 0 Å². The maximum absolute atomic E-state index is 12.4. The second kappa shape index (κ2) is 10.3. The van der Waals surface area contributed by atoms with Crippen LogP contribution < -0.4 is 15.4 Å². The lowest BCUT2D eigenvalue weighted by atomic mass is 10.2. The first-order valence-electron chi connectivity index (χ1n) is 9.35. The highest BCUT2D eigenvalue weighted by molar-refractivity contribution is 7.13. The zero-order chi connectivity index (χ0) is 20.5. The summed E-state index contributed by atoms with van der Waals surface area (Å²) >= 11 is 1.18. The Hall–Kier alpha value is -3.26. The first-order valence-corrected chi connectivity index (χ1v) is 10.2. The van der Waals surface area contributed by atoms with Gasteiger partial charge in [-0.05, 0) is 42.8 Å². The van der Waals surface area contributed by atoms with Crippen LogP contribution in [-0.2, 0) is 6.61 Å². The Morgan fingerprint density at radius 1 is 1.00 bits per heavy atom. The Balaban J connectivity index is 1.52. The van der Waals surface area contributed by atoms with E-state index in [1.807, 2.05) is 30.3 Å². The lowest BCUT2D eigenvalue weighted by Crippen LogP contribution is -2.24. The number of nitrogens with zero attached hydrogens (tertiary/aromatic N) is 2. The molecule has 0 bridgehead atoms. The van der Waals surface area contributed by atoms with E-state index in [1.54, 1.807) is 24.3 Å². The van der Waals surface area contributed by atoms with Crippen LogP contribution in [0.1, 0.15) is 44.9 Å². The van der Waals surface area contributed by atoms with Crippen molar-refractivity contribution >= 4 is 28.8 Å². The number of rotatable bonds is 9. The first-order chi connectivity index (χ1) is 14.2. The van der Waals surface area contributed by atoms with Crippen molar-refractivity contribution in [3.63, 3.8) is 0 Å². The number of carbonyl (C=O) groups is 2. The zero-order valence-electron chi connectivity index (χ0n) is 16.1. The second-order valence-electron chi connectivity index (χ2n) is 6.24. The van der Waals surface area contributed by atoms with Gasteiger partial charge in [-0.3, -0.25) is 9.59 Å². The number of para-hydroxylation sites is 1. The fourth-order valence-corrected chi connectivity index (χ4v) is 3.08. The largest absolute Gasteiger partial charge is 0.486 e. The molecule has 3 rings (SSSR count). The average Bonchev–Trinajstić information content (AvgIpc) is 3.23. The number of aromatic nitrogens is 2. The third-order valence-electron chi connectivity index (χ3n) is 3.99. The molecule has 150 valence electrons. The molecule has 0 spiro atoms. The normalized spacial score (nSPS) is 10.4. The van der Waals surface area contributed by atoms with E-state index in [-0.39, 0.29) is 23.4 Å². The smallest absolute Gasteiger partial charge is 0.286 e. The number of hydrogen-bond acceptors (Lipinski definition) is 6. The fraction of sp³-hybridized carbons (Fsp3) is 0.238. The van der Waals surface area contributed by atoms with Gasteiger partial charge in [0.15, 0.2) is 5.01 Å². The van der Waals surface area contributed by atoms with E-state index >= 15 is 0 Å². The summed E-state index contributed by atoms with van der Waals surface area (Å²) in [6.07, 6.45) is 1.97. The highest BCUT2D eigenvalue weighted by Crippen LogP contribution is 2.17. The van der Waals surface area contributed by atoms with E-state index in [9.17, 15) is 9.59 Å². The lowest BCUT2D eigenvalue weighted by molar-refractivity contribution is 0.0952. The first kappa shape index (κ1) is 20.5. The number of amides is 2. The molecule has 0 saturated heterocycles. The predicted octanol–water partition coefficient (Wildman–Crippen LogP) is 3.90. The summed E-state index contributed by atoms with van der Waals surface area (Å²) in [6, 6.07) is 16.1. The minimum absolute atomic E-state index is 0.122. The summed E-state index contributed by atoms with van der Waals surface area (Å²) in [4.78, 5) is 24.4. The number of nitrogens with one attached hydrogen (secondary N) is 2. The molecule has 0 fully saturated rings. The van der Waals surface area contributed by atoms with Crippen molar-refractivity contribution < 1.29 is 14.3 Å². The Morgan fingerprint density at radius 2 is 1.76 bits per heavy atom. The van der Waals surface area contributed by atoms with Gasteiger partial charge in [0.1, 0.15) is 12.4 Å². The fourth-order valence-electron chi connectivity index (χ4n) is 2.44. The molecule has 1 heterocycles. The molecule has 0 radical (unpaired) electrons. The zero-order valence-corrected chi connectivity index (χ0v) is 16.9.